The number of nitrogens with one attached hydrogen (secondary N) is 1. The molecule has 4 heteroatoms. The van der Waals surface area contributed by atoms with Crippen molar-refractivity contribution in [2.45, 2.75) is 65.6 Å². The maximum absolute atomic E-state index is 11.8. The Balaban J connectivity index is 4.29. The fourth-order valence-electron chi connectivity index (χ4n) is 1.79. The minimum atomic E-state index is -0.549. The topological polar surface area (TPSA) is 75.4 Å². The summed E-state index contributed by atoms with van der Waals surface area (Å²) in [7, 11) is 0. The number of amides is 1. The van der Waals surface area contributed by atoms with Crippen molar-refractivity contribution in [2.75, 3.05) is 0 Å². The molecule has 0 rings (SSSR count). The molecule has 102 valence electrons. The number of carbonyl (C=O) groups excluding carboxylic acids is 1. The number of hydrogen-bond acceptors (Lipinski definition) is 3. The van der Waals surface area contributed by atoms with Crippen LogP contribution in [-0.2, 0) is 4.79 Å². The zero-order valence-corrected chi connectivity index (χ0v) is 11.7. The van der Waals surface area contributed by atoms with Gasteiger partial charge < -0.3 is 16.2 Å². The number of aliphatic hydroxyl groups excluding tert-OH is 1. The molecule has 0 heterocycles. The van der Waals surface area contributed by atoms with Gasteiger partial charge >= 0.3 is 0 Å². The molecule has 0 aromatic carbocycles. The van der Waals surface area contributed by atoms with E-state index >= 15 is 0 Å². The smallest absolute Gasteiger partial charge is 0.237 e. The molecule has 0 radical (unpaired) electrons. The van der Waals surface area contributed by atoms with Crippen LogP contribution in [0.5, 0.6) is 0 Å². The maximum atomic E-state index is 11.8. The molecular weight excluding hydrogens is 216 g/mol. The van der Waals surface area contributed by atoms with E-state index in [1.165, 1.54) is 0 Å². The zero-order chi connectivity index (χ0) is 13.6. The Labute approximate surface area is 105 Å². The molecule has 1 amide bonds. The van der Waals surface area contributed by atoms with Crippen LogP contribution in [0.15, 0.2) is 0 Å². The van der Waals surface area contributed by atoms with Gasteiger partial charge in [0.2, 0.25) is 5.91 Å². The molecule has 0 spiro atoms. The average Bonchev–Trinajstić information content (AvgIpc) is 2.14. The van der Waals surface area contributed by atoms with Gasteiger partial charge in [0, 0.05) is 0 Å². The highest BCUT2D eigenvalue weighted by molar-refractivity contribution is 5.81. The first-order valence-corrected chi connectivity index (χ1v) is 6.48. The van der Waals surface area contributed by atoms with E-state index in [9.17, 15) is 9.90 Å². The van der Waals surface area contributed by atoms with E-state index < -0.39 is 12.1 Å². The van der Waals surface area contributed by atoms with E-state index in [0.717, 1.165) is 6.42 Å². The highest BCUT2D eigenvalue weighted by Gasteiger charge is 2.22. The SMILES string of the molecule is CC(C)CC(N)C(=O)NC(CC(C)C)C(C)O. The number of aliphatic hydroxyl groups is 1. The van der Waals surface area contributed by atoms with Crippen molar-refractivity contribution in [3.8, 4) is 0 Å². The first-order chi connectivity index (χ1) is 7.73. The quantitative estimate of drug-likeness (QED) is 0.631. The van der Waals surface area contributed by atoms with Gasteiger partial charge in [0.15, 0.2) is 0 Å². The van der Waals surface area contributed by atoms with Crippen LogP contribution >= 0.6 is 0 Å². The minimum Gasteiger partial charge on any atom is -0.391 e. The Bertz CT molecular complexity index is 227. The normalized spacial score (nSPS) is 17.0. The molecule has 0 saturated heterocycles. The van der Waals surface area contributed by atoms with Gasteiger partial charge in [-0.2, -0.15) is 0 Å². The van der Waals surface area contributed by atoms with Crippen LogP contribution in [0.3, 0.4) is 0 Å². The van der Waals surface area contributed by atoms with Gasteiger partial charge in [0.05, 0.1) is 18.2 Å². The molecule has 3 unspecified atom stereocenters. The second-order valence-corrected chi connectivity index (χ2v) is 5.72. The van der Waals surface area contributed by atoms with Crippen molar-refractivity contribution < 1.29 is 9.90 Å². The standard InChI is InChI=1S/C13H28N2O2/c1-8(2)6-11(14)13(17)15-12(10(5)16)7-9(3)4/h8-12,16H,6-7,14H2,1-5H3,(H,15,17). The number of rotatable bonds is 7. The monoisotopic (exact) mass is 244 g/mol. The van der Waals surface area contributed by atoms with E-state index in [1.54, 1.807) is 6.92 Å². The van der Waals surface area contributed by atoms with Gasteiger partial charge in [0.1, 0.15) is 0 Å². The molecule has 4 N–H and O–H groups in total. The summed E-state index contributed by atoms with van der Waals surface area (Å²) >= 11 is 0. The van der Waals surface area contributed by atoms with E-state index in [-0.39, 0.29) is 11.9 Å². The second-order valence-electron chi connectivity index (χ2n) is 5.72. The first-order valence-electron chi connectivity index (χ1n) is 6.48. The van der Waals surface area contributed by atoms with Crippen LogP contribution in [0.1, 0.15) is 47.5 Å². The predicted octanol–water partition coefficient (Wildman–Crippen LogP) is 1.27. The Morgan fingerprint density at radius 3 is 1.94 bits per heavy atom. The molecule has 0 bridgehead atoms. The first kappa shape index (κ1) is 16.4. The molecule has 3 atom stereocenters. The third kappa shape index (κ3) is 7.34. The van der Waals surface area contributed by atoms with Crippen molar-refractivity contribution >= 4 is 5.91 Å². The maximum Gasteiger partial charge on any atom is 0.237 e. The Morgan fingerprint density at radius 2 is 1.59 bits per heavy atom. The summed E-state index contributed by atoms with van der Waals surface area (Å²) in [6, 6.07) is -0.691. The fourth-order valence-corrected chi connectivity index (χ4v) is 1.79. The molecule has 0 fully saturated rings. The summed E-state index contributed by atoms with van der Waals surface area (Å²) in [4.78, 5) is 11.8. The molecule has 4 nitrogen and oxygen atoms in total. The van der Waals surface area contributed by atoms with E-state index in [4.69, 9.17) is 5.73 Å². The van der Waals surface area contributed by atoms with Crippen molar-refractivity contribution in [3.05, 3.63) is 0 Å². The van der Waals surface area contributed by atoms with Gasteiger partial charge in [-0.15, -0.1) is 0 Å². The molecule has 0 aliphatic heterocycles. The lowest BCUT2D eigenvalue weighted by Gasteiger charge is -2.25. The molecular formula is C13H28N2O2. The third-order valence-corrected chi connectivity index (χ3v) is 2.70. The lowest BCUT2D eigenvalue weighted by Crippen LogP contribution is -2.49. The lowest BCUT2D eigenvalue weighted by atomic mass is 9.98. The van der Waals surface area contributed by atoms with Crippen molar-refractivity contribution in [1.82, 2.24) is 5.32 Å². The van der Waals surface area contributed by atoms with Crippen LogP contribution in [0.2, 0.25) is 0 Å². The zero-order valence-electron chi connectivity index (χ0n) is 11.7. The number of carbonyl (C=O) groups is 1. The summed E-state index contributed by atoms with van der Waals surface area (Å²) in [6.45, 7) is 9.90. The van der Waals surface area contributed by atoms with Crippen molar-refractivity contribution in [2.24, 2.45) is 17.6 Å². The Kier molecular flexibility index (Phi) is 7.39. The molecule has 0 aliphatic rings. The summed E-state index contributed by atoms with van der Waals surface area (Å²) in [5.41, 5.74) is 5.80. The van der Waals surface area contributed by atoms with Gasteiger partial charge in [-0.3, -0.25) is 4.79 Å². The van der Waals surface area contributed by atoms with Gasteiger partial charge in [-0.1, -0.05) is 27.7 Å². The largest absolute Gasteiger partial charge is 0.391 e. The summed E-state index contributed by atoms with van der Waals surface area (Å²) < 4.78 is 0. The average molecular weight is 244 g/mol. The summed E-state index contributed by atoms with van der Waals surface area (Å²) in [5, 5.41) is 12.5. The number of hydrogen-bond donors (Lipinski definition) is 3. The molecule has 0 saturated carbocycles. The molecule has 0 aliphatic carbocycles. The van der Waals surface area contributed by atoms with E-state index in [2.05, 4.69) is 19.2 Å². The van der Waals surface area contributed by atoms with Crippen LogP contribution < -0.4 is 11.1 Å². The molecule has 0 aromatic heterocycles. The third-order valence-electron chi connectivity index (χ3n) is 2.70. The van der Waals surface area contributed by atoms with Crippen LogP contribution in [-0.4, -0.2) is 29.2 Å². The van der Waals surface area contributed by atoms with Crippen LogP contribution in [0, 0.1) is 11.8 Å². The van der Waals surface area contributed by atoms with Crippen LogP contribution in [0.25, 0.3) is 0 Å². The van der Waals surface area contributed by atoms with Crippen LogP contribution in [0.4, 0.5) is 0 Å². The lowest BCUT2D eigenvalue weighted by molar-refractivity contribution is -0.124. The van der Waals surface area contributed by atoms with Crippen molar-refractivity contribution in [1.29, 1.82) is 0 Å². The predicted molar refractivity (Wildman–Crippen MR) is 70.5 cm³/mol. The fraction of sp³-hybridized carbons (Fsp3) is 0.923. The van der Waals surface area contributed by atoms with Gasteiger partial charge in [-0.05, 0) is 31.6 Å². The van der Waals surface area contributed by atoms with Gasteiger partial charge in [-0.25, -0.2) is 0 Å². The Hall–Kier alpha value is -0.610. The summed E-state index contributed by atoms with van der Waals surface area (Å²) in [5.74, 6) is 0.660. The minimum absolute atomic E-state index is 0.162. The molecule has 0 aromatic rings. The summed E-state index contributed by atoms with van der Waals surface area (Å²) in [6.07, 6.45) is 0.880. The van der Waals surface area contributed by atoms with Crippen molar-refractivity contribution in [3.63, 3.8) is 0 Å². The molecule has 17 heavy (non-hydrogen) atoms. The van der Waals surface area contributed by atoms with Gasteiger partial charge in [0.25, 0.3) is 0 Å². The highest BCUT2D eigenvalue weighted by atomic mass is 16.3. The number of nitrogens with two attached hydrogens (primary N) is 1. The second kappa shape index (κ2) is 7.67. The Morgan fingerprint density at radius 1 is 1.12 bits per heavy atom. The van der Waals surface area contributed by atoms with E-state index in [0.29, 0.717) is 18.3 Å². The van der Waals surface area contributed by atoms with E-state index in [1.807, 2.05) is 13.8 Å². The highest BCUT2D eigenvalue weighted by Crippen LogP contribution is 2.09.